The first-order valence-corrected chi connectivity index (χ1v) is 15.9. The van der Waals surface area contributed by atoms with Gasteiger partial charge in [0.25, 0.3) is 5.91 Å². The Labute approximate surface area is 272 Å². The highest BCUT2D eigenvalue weighted by Crippen LogP contribution is 2.35. The fourth-order valence-electron chi connectivity index (χ4n) is 4.29. The van der Waals surface area contributed by atoms with Crippen LogP contribution in [-0.2, 0) is 20.8 Å². The molecule has 2 N–H and O–H groups in total. The van der Waals surface area contributed by atoms with Gasteiger partial charge < -0.3 is 24.8 Å². The highest BCUT2D eigenvalue weighted by atomic mass is 32.2. The van der Waals surface area contributed by atoms with Gasteiger partial charge in [-0.1, -0.05) is 23.9 Å². The number of rotatable bonds is 13. The van der Waals surface area contributed by atoms with E-state index in [0.717, 1.165) is 23.1 Å². The molecular weight excluding hydrogens is 638 g/mol. The van der Waals surface area contributed by atoms with E-state index in [1.54, 1.807) is 56.5 Å². The number of para-hydroxylation sites is 1. The topological polar surface area (TPSA) is 151 Å². The number of esters is 2. The molecule has 15 heteroatoms. The molecule has 2 aromatic carbocycles. The van der Waals surface area contributed by atoms with Crippen molar-refractivity contribution in [3.8, 4) is 11.4 Å². The van der Waals surface area contributed by atoms with Crippen molar-refractivity contribution in [2.45, 2.75) is 44.6 Å². The van der Waals surface area contributed by atoms with Crippen LogP contribution in [0.3, 0.4) is 0 Å². The van der Waals surface area contributed by atoms with E-state index in [1.165, 1.54) is 31.4 Å². The number of nitrogens with one attached hydrogen (secondary N) is 2. The van der Waals surface area contributed by atoms with Crippen molar-refractivity contribution in [2.75, 3.05) is 25.6 Å². The number of halogens is 1. The molecule has 1 atom stereocenters. The second-order valence-corrected chi connectivity index (χ2v) is 11.9. The van der Waals surface area contributed by atoms with Gasteiger partial charge in [0.05, 0.1) is 43.2 Å². The van der Waals surface area contributed by atoms with E-state index in [0.29, 0.717) is 28.4 Å². The van der Waals surface area contributed by atoms with E-state index in [9.17, 15) is 23.6 Å². The van der Waals surface area contributed by atoms with E-state index in [2.05, 4.69) is 20.8 Å². The summed E-state index contributed by atoms with van der Waals surface area (Å²) in [4.78, 5) is 51.8. The Hall–Kier alpha value is -4.76. The Morgan fingerprint density at radius 2 is 1.67 bits per heavy atom. The van der Waals surface area contributed by atoms with Gasteiger partial charge in [0.1, 0.15) is 21.4 Å². The zero-order valence-electron chi connectivity index (χ0n) is 25.7. The third kappa shape index (κ3) is 7.72. The van der Waals surface area contributed by atoms with E-state index >= 15 is 0 Å². The van der Waals surface area contributed by atoms with Crippen molar-refractivity contribution in [2.24, 2.45) is 0 Å². The number of nitrogens with zero attached hydrogens (tertiary/aromatic N) is 3. The minimum Gasteiger partial charge on any atom is -0.496 e. The Morgan fingerprint density at radius 3 is 2.35 bits per heavy atom. The molecule has 2 heterocycles. The van der Waals surface area contributed by atoms with Crippen molar-refractivity contribution >= 4 is 51.9 Å². The smallest absolute Gasteiger partial charge is 0.348 e. The zero-order valence-corrected chi connectivity index (χ0v) is 27.3. The average molecular weight is 670 g/mol. The lowest BCUT2D eigenvalue weighted by Crippen LogP contribution is -2.25. The fourth-order valence-corrected chi connectivity index (χ4v) is 6.27. The second-order valence-electron chi connectivity index (χ2n) is 9.54. The maximum absolute atomic E-state index is 13.8. The predicted octanol–water partition coefficient (Wildman–Crippen LogP) is 5.19. The van der Waals surface area contributed by atoms with Crippen LogP contribution in [0.2, 0.25) is 0 Å². The van der Waals surface area contributed by atoms with Crippen molar-refractivity contribution in [1.82, 2.24) is 20.1 Å². The summed E-state index contributed by atoms with van der Waals surface area (Å²) in [6.07, 6.45) is 0. The number of ether oxygens (including phenoxy) is 3. The van der Waals surface area contributed by atoms with Gasteiger partial charge in [-0.15, -0.1) is 21.5 Å². The van der Waals surface area contributed by atoms with E-state index in [1.807, 2.05) is 0 Å². The summed E-state index contributed by atoms with van der Waals surface area (Å²) < 4.78 is 31.0. The third-order valence-corrected chi connectivity index (χ3v) is 8.75. The molecule has 46 heavy (non-hydrogen) atoms. The third-order valence-electron chi connectivity index (χ3n) is 6.52. The number of hydrogen-bond acceptors (Lipinski definition) is 11. The van der Waals surface area contributed by atoms with Crippen LogP contribution in [0.1, 0.15) is 62.5 Å². The molecule has 0 saturated heterocycles. The monoisotopic (exact) mass is 669 g/mol. The van der Waals surface area contributed by atoms with Crippen LogP contribution in [0, 0.1) is 12.7 Å². The van der Waals surface area contributed by atoms with Gasteiger partial charge in [-0.3, -0.25) is 14.2 Å². The van der Waals surface area contributed by atoms with Gasteiger partial charge in [-0.2, -0.15) is 0 Å². The van der Waals surface area contributed by atoms with Gasteiger partial charge in [-0.05, 0) is 69.7 Å². The Balaban J connectivity index is 1.59. The number of benzene rings is 2. The highest BCUT2D eigenvalue weighted by molar-refractivity contribution is 8.00. The summed E-state index contributed by atoms with van der Waals surface area (Å²) in [5.74, 6) is -1.92. The van der Waals surface area contributed by atoms with Crippen molar-refractivity contribution in [1.29, 1.82) is 0 Å². The highest BCUT2D eigenvalue weighted by Gasteiger charge is 2.29. The van der Waals surface area contributed by atoms with Gasteiger partial charge in [-0.25, -0.2) is 14.0 Å². The number of thioether (sulfide) groups is 1. The van der Waals surface area contributed by atoms with Gasteiger partial charge >= 0.3 is 11.9 Å². The lowest BCUT2D eigenvalue weighted by molar-refractivity contribution is -0.115. The summed E-state index contributed by atoms with van der Waals surface area (Å²) in [7, 11) is 1.47. The number of aromatic nitrogens is 3. The number of carbonyl (C=O) groups is 4. The molecule has 2 aromatic heterocycles. The summed E-state index contributed by atoms with van der Waals surface area (Å²) in [5, 5.41) is 13.7. The van der Waals surface area contributed by atoms with Crippen LogP contribution < -0.4 is 15.4 Å². The molecule has 4 aromatic rings. The molecule has 0 unspecified atom stereocenters. The molecule has 2 amide bonds. The number of amides is 2. The molecule has 0 fully saturated rings. The number of methoxy groups -OCH3 is 1. The molecule has 0 spiro atoms. The number of hydrogen-bond donors (Lipinski definition) is 2. The minimum atomic E-state index is -0.789. The van der Waals surface area contributed by atoms with Gasteiger partial charge in [0, 0.05) is 5.69 Å². The maximum Gasteiger partial charge on any atom is 0.348 e. The Kier molecular flexibility index (Phi) is 11.5. The van der Waals surface area contributed by atoms with Crippen molar-refractivity contribution in [3.63, 3.8) is 0 Å². The van der Waals surface area contributed by atoms with Gasteiger partial charge in [0.2, 0.25) is 5.91 Å². The summed E-state index contributed by atoms with van der Waals surface area (Å²) >= 11 is 1.97. The van der Waals surface area contributed by atoms with E-state index < -0.39 is 34.8 Å². The fraction of sp³-hybridized carbons (Fsp3) is 0.290. The quantitative estimate of drug-likeness (QED) is 0.144. The van der Waals surface area contributed by atoms with Crippen LogP contribution in [0.15, 0.2) is 53.7 Å². The lowest BCUT2D eigenvalue weighted by Gasteiger charge is -2.14. The molecule has 242 valence electrons. The first-order chi connectivity index (χ1) is 22.1. The minimum absolute atomic E-state index is 0.0452. The van der Waals surface area contributed by atoms with Crippen LogP contribution >= 0.6 is 23.1 Å². The molecular formula is C31H32FN5O7S2. The molecule has 0 radical (unpaired) electrons. The second kappa shape index (κ2) is 15.5. The molecule has 0 aliphatic rings. The standard InChI is InChI=1S/C31H32FN5O7S2/c1-6-43-29(40)24-17(3)25(30(41)44-7-2)46-28(24)34-26(38)18(4)45-31-36-35-23(37(31)20-14-12-19(32)13-15-20)16-33-27(39)21-10-8-9-11-22(21)42-5/h8-15,18H,6-7,16H2,1-5H3,(H,33,39)(H,34,38)/t18-/m0/s1. The molecule has 12 nitrogen and oxygen atoms in total. The van der Waals surface area contributed by atoms with Crippen LogP contribution in [0.4, 0.5) is 9.39 Å². The molecule has 0 aliphatic heterocycles. The van der Waals surface area contributed by atoms with E-state index in [-0.39, 0.29) is 40.4 Å². The van der Waals surface area contributed by atoms with Crippen LogP contribution in [0.5, 0.6) is 5.75 Å². The summed E-state index contributed by atoms with van der Waals surface area (Å²) in [5.41, 5.74) is 1.24. The van der Waals surface area contributed by atoms with Crippen molar-refractivity contribution in [3.05, 3.63) is 81.7 Å². The lowest BCUT2D eigenvalue weighted by atomic mass is 10.1. The first-order valence-electron chi connectivity index (χ1n) is 14.2. The molecule has 0 aliphatic carbocycles. The normalized spacial score (nSPS) is 11.4. The largest absolute Gasteiger partial charge is 0.496 e. The average Bonchev–Trinajstić information content (AvgIpc) is 3.59. The van der Waals surface area contributed by atoms with Crippen LogP contribution in [0.25, 0.3) is 5.69 Å². The van der Waals surface area contributed by atoms with Gasteiger partial charge in [0.15, 0.2) is 11.0 Å². The predicted molar refractivity (Wildman–Crippen MR) is 170 cm³/mol. The number of anilines is 1. The summed E-state index contributed by atoms with van der Waals surface area (Å²) in [6, 6.07) is 12.3. The SMILES string of the molecule is CCOC(=O)c1sc(NC(=O)[C@H](C)Sc2nnc(CNC(=O)c3ccccc3OC)n2-c2ccc(F)cc2)c(C(=O)OCC)c1C. The molecule has 0 saturated carbocycles. The number of thiophene rings is 1. The van der Waals surface area contributed by atoms with E-state index in [4.69, 9.17) is 14.2 Å². The Bertz CT molecular complexity index is 1740. The molecule has 0 bridgehead atoms. The summed E-state index contributed by atoms with van der Waals surface area (Å²) in [6.45, 7) is 6.73. The first kappa shape index (κ1) is 34.1. The number of carbonyl (C=O) groups excluding carboxylic acids is 4. The van der Waals surface area contributed by atoms with Crippen LogP contribution in [-0.4, -0.2) is 64.1 Å². The maximum atomic E-state index is 13.8. The zero-order chi connectivity index (χ0) is 33.4. The molecule has 4 rings (SSSR count). The Morgan fingerprint density at radius 1 is 1.00 bits per heavy atom. The van der Waals surface area contributed by atoms with Crippen molar-refractivity contribution < 1.29 is 37.8 Å².